The molecule has 0 aliphatic rings. The standard InChI is InChI=1S/C20H15F3N2O3S/c1-11-16(17(26)25-15-9-5-13(6-10-15)19(27)28-2)29-18(24-11)12-3-7-14(8-4-12)20(21,22)23/h3-10H,1-2H3,(H,25,26). The summed E-state index contributed by atoms with van der Waals surface area (Å²) in [6.45, 7) is 1.65. The first-order chi connectivity index (χ1) is 13.7. The van der Waals surface area contributed by atoms with Crippen LogP contribution in [-0.2, 0) is 10.9 Å². The van der Waals surface area contributed by atoms with Crippen molar-refractivity contribution in [3.8, 4) is 10.6 Å². The van der Waals surface area contributed by atoms with E-state index in [1.54, 1.807) is 19.1 Å². The molecule has 2 aromatic carbocycles. The van der Waals surface area contributed by atoms with E-state index >= 15 is 0 Å². The Bertz CT molecular complexity index is 1040. The van der Waals surface area contributed by atoms with Crippen molar-refractivity contribution in [3.63, 3.8) is 0 Å². The first-order valence-electron chi connectivity index (χ1n) is 8.34. The van der Waals surface area contributed by atoms with E-state index in [1.807, 2.05) is 0 Å². The van der Waals surface area contributed by atoms with Crippen molar-refractivity contribution in [2.45, 2.75) is 13.1 Å². The number of halogens is 3. The van der Waals surface area contributed by atoms with Crippen molar-refractivity contribution in [1.82, 2.24) is 4.98 Å². The number of nitrogens with one attached hydrogen (secondary N) is 1. The molecule has 0 fully saturated rings. The molecule has 0 aliphatic carbocycles. The van der Waals surface area contributed by atoms with E-state index in [-0.39, 0.29) is 0 Å². The third kappa shape index (κ3) is 4.62. The van der Waals surface area contributed by atoms with Gasteiger partial charge in [0.15, 0.2) is 0 Å². The number of aryl methyl sites for hydroxylation is 1. The molecule has 5 nitrogen and oxygen atoms in total. The Labute approximate surface area is 168 Å². The minimum atomic E-state index is -4.41. The van der Waals surface area contributed by atoms with Gasteiger partial charge in [-0.1, -0.05) is 12.1 Å². The van der Waals surface area contributed by atoms with Gasteiger partial charge in [0.2, 0.25) is 0 Å². The molecule has 9 heteroatoms. The van der Waals surface area contributed by atoms with Gasteiger partial charge in [-0.25, -0.2) is 9.78 Å². The third-order valence-electron chi connectivity index (χ3n) is 4.03. The van der Waals surface area contributed by atoms with Crippen LogP contribution in [0.25, 0.3) is 10.6 Å². The first kappa shape index (κ1) is 20.5. The molecule has 0 saturated carbocycles. The number of nitrogens with zero attached hydrogens (tertiary/aromatic N) is 1. The van der Waals surface area contributed by atoms with Crippen molar-refractivity contribution >= 4 is 28.9 Å². The number of thiazole rings is 1. The largest absolute Gasteiger partial charge is 0.465 e. The van der Waals surface area contributed by atoms with Gasteiger partial charge < -0.3 is 10.1 Å². The number of carbonyl (C=O) groups is 2. The van der Waals surface area contributed by atoms with E-state index in [0.717, 1.165) is 23.5 Å². The first-order valence-corrected chi connectivity index (χ1v) is 9.15. The molecule has 0 radical (unpaired) electrons. The van der Waals surface area contributed by atoms with Gasteiger partial charge in [0.05, 0.1) is 23.9 Å². The lowest BCUT2D eigenvalue weighted by molar-refractivity contribution is -0.137. The number of alkyl halides is 3. The van der Waals surface area contributed by atoms with Crippen LogP contribution in [0.4, 0.5) is 18.9 Å². The van der Waals surface area contributed by atoms with Gasteiger partial charge in [-0.3, -0.25) is 4.79 Å². The molecule has 0 atom stereocenters. The van der Waals surface area contributed by atoms with Crippen LogP contribution in [0.15, 0.2) is 48.5 Å². The number of rotatable bonds is 4. The maximum absolute atomic E-state index is 12.7. The molecule has 0 saturated heterocycles. The van der Waals surface area contributed by atoms with Crippen LogP contribution in [-0.4, -0.2) is 24.0 Å². The predicted octanol–water partition coefficient (Wildman–Crippen LogP) is 5.18. The minimum Gasteiger partial charge on any atom is -0.465 e. The van der Waals surface area contributed by atoms with Gasteiger partial charge in [0, 0.05) is 11.3 Å². The number of carbonyl (C=O) groups excluding carboxylic acids is 2. The molecule has 0 unspecified atom stereocenters. The average Bonchev–Trinajstić information content (AvgIpc) is 3.09. The molecule has 0 bridgehead atoms. The normalized spacial score (nSPS) is 11.2. The summed E-state index contributed by atoms with van der Waals surface area (Å²) < 4.78 is 42.7. The second-order valence-corrected chi connectivity index (χ2v) is 7.03. The summed E-state index contributed by atoms with van der Waals surface area (Å²) in [5.74, 6) is -0.883. The molecule has 1 N–H and O–H groups in total. The zero-order chi connectivity index (χ0) is 21.2. The molecular formula is C20H15F3N2O3S. The molecule has 3 aromatic rings. The van der Waals surface area contributed by atoms with Gasteiger partial charge in [0.25, 0.3) is 5.91 Å². The van der Waals surface area contributed by atoms with Crippen LogP contribution in [0.2, 0.25) is 0 Å². The maximum Gasteiger partial charge on any atom is 0.416 e. The van der Waals surface area contributed by atoms with Crippen LogP contribution < -0.4 is 5.32 Å². The average molecular weight is 420 g/mol. The summed E-state index contributed by atoms with van der Waals surface area (Å²) in [6, 6.07) is 10.8. The quantitative estimate of drug-likeness (QED) is 0.591. The molecule has 1 amide bonds. The zero-order valence-electron chi connectivity index (χ0n) is 15.3. The number of esters is 1. The van der Waals surface area contributed by atoms with E-state index in [9.17, 15) is 22.8 Å². The lowest BCUT2D eigenvalue weighted by atomic mass is 10.1. The van der Waals surface area contributed by atoms with Gasteiger partial charge in [-0.05, 0) is 43.3 Å². The molecule has 0 spiro atoms. The topological polar surface area (TPSA) is 68.3 Å². The van der Waals surface area contributed by atoms with Crippen LogP contribution in [0.5, 0.6) is 0 Å². The van der Waals surface area contributed by atoms with Crippen molar-refractivity contribution in [3.05, 3.63) is 70.2 Å². The Morgan fingerprint density at radius 2 is 1.66 bits per heavy atom. The van der Waals surface area contributed by atoms with E-state index in [2.05, 4.69) is 15.0 Å². The van der Waals surface area contributed by atoms with Crippen LogP contribution >= 0.6 is 11.3 Å². The van der Waals surface area contributed by atoms with Gasteiger partial charge in [-0.2, -0.15) is 13.2 Å². The minimum absolute atomic E-state index is 0.344. The van der Waals surface area contributed by atoms with E-state index < -0.39 is 23.6 Å². The monoisotopic (exact) mass is 420 g/mol. The summed E-state index contributed by atoms with van der Waals surface area (Å²) in [6.07, 6.45) is -4.41. The maximum atomic E-state index is 12.7. The molecule has 1 heterocycles. The number of amides is 1. The number of aromatic nitrogens is 1. The number of methoxy groups -OCH3 is 1. The fourth-order valence-corrected chi connectivity index (χ4v) is 3.49. The molecule has 29 heavy (non-hydrogen) atoms. The summed E-state index contributed by atoms with van der Waals surface area (Å²) in [4.78, 5) is 28.7. The summed E-state index contributed by atoms with van der Waals surface area (Å²) >= 11 is 1.09. The third-order valence-corrected chi connectivity index (χ3v) is 5.23. The van der Waals surface area contributed by atoms with Crippen LogP contribution in [0.3, 0.4) is 0 Å². The van der Waals surface area contributed by atoms with E-state index in [4.69, 9.17) is 0 Å². The lowest BCUT2D eigenvalue weighted by Gasteiger charge is -2.06. The van der Waals surface area contributed by atoms with Gasteiger partial charge in [0.1, 0.15) is 9.88 Å². The highest BCUT2D eigenvalue weighted by molar-refractivity contribution is 7.17. The number of anilines is 1. The van der Waals surface area contributed by atoms with Crippen molar-refractivity contribution in [2.24, 2.45) is 0 Å². The number of ether oxygens (including phenoxy) is 1. The molecule has 150 valence electrons. The zero-order valence-corrected chi connectivity index (χ0v) is 16.1. The number of hydrogen-bond donors (Lipinski definition) is 1. The Morgan fingerprint density at radius 1 is 1.03 bits per heavy atom. The fourth-order valence-electron chi connectivity index (χ4n) is 2.53. The highest BCUT2D eigenvalue weighted by Gasteiger charge is 2.30. The van der Waals surface area contributed by atoms with Crippen molar-refractivity contribution in [1.29, 1.82) is 0 Å². The van der Waals surface area contributed by atoms with E-state index in [0.29, 0.717) is 32.4 Å². The van der Waals surface area contributed by atoms with Crippen molar-refractivity contribution in [2.75, 3.05) is 12.4 Å². The highest BCUT2D eigenvalue weighted by Crippen LogP contribution is 2.33. The molecule has 0 aliphatic heterocycles. The Morgan fingerprint density at radius 3 is 2.21 bits per heavy atom. The highest BCUT2D eigenvalue weighted by atomic mass is 32.1. The van der Waals surface area contributed by atoms with E-state index in [1.165, 1.54) is 31.4 Å². The van der Waals surface area contributed by atoms with Gasteiger partial charge >= 0.3 is 12.1 Å². The number of hydrogen-bond acceptors (Lipinski definition) is 5. The summed E-state index contributed by atoms with van der Waals surface area (Å²) in [5, 5.41) is 3.15. The number of benzene rings is 2. The SMILES string of the molecule is COC(=O)c1ccc(NC(=O)c2sc(-c3ccc(C(F)(F)F)cc3)nc2C)cc1. The van der Waals surface area contributed by atoms with Crippen LogP contribution in [0.1, 0.15) is 31.3 Å². The molecular weight excluding hydrogens is 405 g/mol. The predicted molar refractivity (Wildman–Crippen MR) is 103 cm³/mol. The Kier molecular flexibility index (Phi) is 5.69. The molecule has 3 rings (SSSR count). The van der Waals surface area contributed by atoms with Gasteiger partial charge in [-0.15, -0.1) is 11.3 Å². The van der Waals surface area contributed by atoms with Crippen molar-refractivity contribution < 1.29 is 27.5 Å². The Balaban J connectivity index is 1.77. The second-order valence-electron chi connectivity index (χ2n) is 6.03. The summed E-state index contributed by atoms with van der Waals surface area (Å²) in [7, 11) is 1.28. The summed E-state index contributed by atoms with van der Waals surface area (Å²) in [5.41, 5.74) is 1.04. The van der Waals surface area contributed by atoms with Crippen LogP contribution in [0, 0.1) is 6.92 Å². The lowest BCUT2D eigenvalue weighted by Crippen LogP contribution is -2.11. The second kappa shape index (κ2) is 8.04. The molecule has 1 aromatic heterocycles. The fraction of sp³-hybridized carbons (Fsp3) is 0.150. The smallest absolute Gasteiger partial charge is 0.416 e. The Hall–Kier alpha value is -3.20.